The second-order valence-electron chi connectivity index (χ2n) is 11.8. The fourth-order valence-electron chi connectivity index (χ4n) is 6.45. The molecule has 3 aromatic carbocycles. The van der Waals surface area contributed by atoms with Gasteiger partial charge < -0.3 is 14.2 Å². The summed E-state index contributed by atoms with van der Waals surface area (Å²) in [5, 5.41) is 10.7. The van der Waals surface area contributed by atoms with Crippen molar-refractivity contribution in [3.8, 4) is 11.4 Å². The number of fused-ring (bicyclic) bond motifs is 3. The van der Waals surface area contributed by atoms with Gasteiger partial charge in [0.1, 0.15) is 6.10 Å². The van der Waals surface area contributed by atoms with E-state index < -0.39 is 23.9 Å². The van der Waals surface area contributed by atoms with E-state index in [4.69, 9.17) is 19.2 Å². The summed E-state index contributed by atoms with van der Waals surface area (Å²) in [6.07, 6.45) is 7.49. The van der Waals surface area contributed by atoms with Gasteiger partial charge in [0.15, 0.2) is 17.8 Å². The Hall–Kier alpha value is -5.88. The van der Waals surface area contributed by atoms with Crippen molar-refractivity contribution in [1.29, 1.82) is 0 Å². The van der Waals surface area contributed by atoms with E-state index in [-0.39, 0.29) is 28.9 Å². The van der Waals surface area contributed by atoms with E-state index in [1.807, 2.05) is 42.2 Å². The smallest absolute Gasteiger partial charge is 0.337 e. The maximum absolute atomic E-state index is 13.7. The van der Waals surface area contributed by atoms with E-state index in [0.29, 0.717) is 23.1 Å². The van der Waals surface area contributed by atoms with E-state index in [1.54, 1.807) is 59.4 Å². The van der Waals surface area contributed by atoms with Crippen LogP contribution in [0, 0.1) is 0 Å². The molecule has 5 heterocycles. The van der Waals surface area contributed by atoms with Crippen molar-refractivity contribution < 1.29 is 28.6 Å². The zero-order chi connectivity index (χ0) is 32.9. The van der Waals surface area contributed by atoms with Crippen molar-refractivity contribution in [2.45, 2.75) is 38.5 Å². The molecule has 6 aromatic rings. The van der Waals surface area contributed by atoms with Gasteiger partial charge in [-0.3, -0.25) is 9.59 Å². The molecule has 2 unspecified atom stereocenters. The number of hydrogen-bond acceptors (Lipinski definition) is 9. The zero-order valence-electron chi connectivity index (χ0n) is 26.2. The number of anilines is 1. The number of aromatic nitrogens is 5. The quantitative estimate of drug-likeness (QED) is 0.148. The average Bonchev–Trinajstić information content (AvgIpc) is 3.86. The normalized spacial score (nSPS) is 16.8. The Morgan fingerprint density at radius 1 is 0.958 bits per heavy atom. The minimum Gasteiger partial charge on any atom is -0.482 e. The van der Waals surface area contributed by atoms with Crippen molar-refractivity contribution in [1.82, 2.24) is 24.5 Å². The number of rotatable bonds is 7. The van der Waals surface area contributed by atoms with Crippen LogP contribution in [0.3, 0.4) is 0 Å². The lowest BCUT2D eigenvalue weighted by Crippen LogP contribution is -2.31. The highest BCUT2D eigenvalue weighted by molar-refractivity contribution is 6.34. The summed E-state index contributed by atoms with van der Waals surface area (Å²) in [6.45, 7) is 2.56. The molecule has 0 radical (unpaired) electrons. The summed E-state index contributed by atoms with van der Waals surface area (Å²) in [5.41, 5.74) is 3.79. The Morgan fingerprint density at radius 2 is 1.77 bits per heavy atom. The minimum absolute atomic E-state index is 0.0498. The molecule has 0 aliphatic carbocycles. The fourth-order valence-corrected chi connectivity index (χ4v) is 6.45. The van der Waals surface area contributed by atoms with Gasteiger partial charge in [0.05, 0.1) is 46.7 Å². The van der Waals surface area contributed by atoms with E-state index in [9.17, 15) is 14.4 Å². The molecule has 8 rings (SSSR count). The van der Waals surface area contributed by atoms with E-state index in [0.717, 1.165) is 46.3 Å². The number of carbonyl (C=O) groups excluding carboxylic acids is 3. The molecule has 0 bridgehead atoms. The van der Waals surface area contributed by atoms with Gasteiger partial charge in [0.25, 0.3) is 11.8 Å². The van der Waals surface area contributed by atoms with Crippen LogP contribution in [0.2, 0.25) is 0 Å². The average molecular weight is 643 g/mol. The van der Waals surface area contributed by atoms with Gasteiger partial charge in [-0.25, -0.2) is 24.0 Å². The van der Waals surface area contributed by atoms with Crippen LogP contribution in [0.4, 0.5) is 5.82 Å². The Morgan fingerprint density at radius 3 is 2.48 bits per heavy atom. The summed E-state index contributed by atoms with van der Waals surface area (Å²) < 4.78 is 21.4. The van der Waals surface area contributed by atoms with Crippen LogP contribution in [0.1, 0.15) is 75.2 Å². The minimum atomic E-state index is -0.638. The van der Waals surface area contributed by atoms with Crippen LogP contribution < -0.4 is 9.64 Å². The molecule has 2 aliphatic heterocycles. The molecular weight excluding hydrogens is 612 g/mol. The summed E-state index contributed by atoms with van der Waals surface area (Å²) in [6, 6.07) is 19.1. The Balaban J connectivity index is 1.27. The molecule has 3 aromatic heterocycles. The summed E-state index contributed by atoms with van der Waals surface area (Å²) >= 11 is 0. The Kier molecular flexibility index (Phi) is 7.21. The first-order valence-corrected chi connectivity index (χ1v) is 15.7. The zero-order valence-corrected chi connectivity index (χ0v) is 26.2. The Labute approximate surface area is 274 Å². The number of pyridine rings is 1. The maximum atomic E-state index is 13.7. The van der Waals surface area contributed by atoms with Crippen LogP contribution in [0.5, 0.6) is 5.75 Å². The highest BCUT2D eigenvalue weighted by Gasteiger charge is 2.39. The highest BCUT2D eigenvalue weighted by Crippen LogP contribution is 2.40. The highest BCUT2D eigenvalue weighted by atomic mass is 16.5. The molecule has 48 heavy (non-hydrogen) atoms. The molecule has 240 valence electrons. The molecule has 0 N–H and O–H groups in total. The molecule has 1 saturated heterocycles. The molecule has 2 aliphatic rings. The van der Waals surface area contributed by atoms with Crippen molar-refractivity contribution in [3.05, 3.63) is 108 Å². The number of methoxy groups -OCH3 is 1. The second-order valence-corrected chi connectivity index (χ2v) is 11.8. The lowest BCUT2D eigenvalue weighted by molar-refractivity contribution is -0.0366. The third-order valence-corrected chi connectivity index (χ3v) is 8.85. The van der Waals surface area contributed by atoms with Crippen molar-refractivity contribution in [3.63, 3.8) is 0 Å². The molecule has 0 saturated carbocycles. The molecule has 12 heteroatoms. The van der Waals surface area contributed by atoms with E-state index in [2.05, 4.69) is 10.2 Å². The molecule has 2 amide bonds. The van der Waals surface area contributed by atoms with Crippen molar-refractivity contribution in [2.24, 2.45) is 0 Å². The van der Waals surface area contributed by atoms with Gasteiger partial charge in [-0.1, -0.05) is 12.1 Å². The number of amides is 2. The third kappa shape index (κ3) is 4.88. The maximum Gasteiger partial charge on any atom is 0.337 e. The van der Waals surface area contributed by atoms with Crippen molar-refractivity contribution in [2.75, 3.05) is 18.6 Å². The first-order chi connectivity index (χ1) is 23.4. The van der Waals surface area contributed by atoms with Gasteiger partial charge in [-0.2, -0.15) is 10.2 Å². The van der Waals surface area contributed by atoms with Gasteiger partial charge in [0.2, 0.25) is 0 Å². The molecule has 2 atom stereocenters. The van der Waals surface area contributed by atoms with E-state index in [1.165, 1.54) is 7.11 Å². The van der Waals surface area contributed by atoms with Gasteiger partial charge in [-0.15, -0.1) is 0 Å². The van der Waals surface area contributed by atoms with E-state index >= 15 is 0 Å². The van der Waals surface area contributed by atoms with Crippen LogP contribution in [0.15, 0.2) is 85.3 Å². The van der Waals surface area contributed by atoms with Crippen LogP contribution in [-0.2, 0) is 9.47 Å². The summed E-state index contributed by atoms with van der Waals surface area (Å²) in [7, 11) is 1.31. The molecular formula is C36H30N6O6. The van der Waals surface area contributed by atoms with Gasteiger partial charge >= 0.3 is 5.97 Å². The SMILES string of the molecule is COC(=O)c1ccc2nc(N3C(=O)c4ccccc4C3=O)c(OC(C)c3cc4c(cnn4C4CCCCO4)cc3-n3cccn3)cc2c1. The Bertz CT molecular complexity index is 2200. The lowest BCUT2D eigenvalue weighted by atomic mass is 10.0. The van der Waals surface area contributed by atoms with Crippen LogP contribution in [0.25, 0.3) is 27.5 Å². The number of nitrogens with zero attached hydrogens (tertiary/aromatic N) is 6. The number of imide groups is 1. The predicted octanol–water partition coefficient (Wildman–Crippen LogP) is 6.20. The van der Waals surface area contributed by atoms with Gasteiger partial charge in [-0.05, 0) is 80.8 Å². The fraction of sp³-hybridized carbons (Fsp3) is 0.222. The molecule has 1 fully saturated rings. The first kappa shape index (κ1) is 29.5. The number of hydrogen-bond donors (Lipinski definition) is 0. The largest absolute Gasteiger partial charge is 0.482 e. The topological polar surface area (TPSA) is 131 Å². The third-order valence-electron chi connectivity index (χ3n) is 8.85. The number of esters is 1. The number of carbonyl (C=O) groups is 3. The van der Waals surface area contributed by atoms with Crippen LogP contribution in [-0.4, -0.2) is 56.0 Å². The second kappa shape index (κ2) is 11.7. The lowest BCUT2D eigenvalue weighted by Gasteiger charge is -2.25. The molecule has 0 spiro atoms. The standard InChI is InChI=1S/C36H30N6O6/c1-21(27-19-29-24(17-30(27)40-14-7-13-37-40)20-38-42(29)32-10-5-6-15-47-32)48-31-18-23-16-22(36(45)46-2)11-12-28(23)39-33(31)41-34(43)25-8-3-4-9-26(25)35(41)44/h3-4,7-9,11-14,16-21,32H,5-6,10,15H2,1-2H3. The monoisotopic (exact) mass is 642 g/mol. The van der Waals surface area contributed by atoms with Gasteiger partial charge in [0, 0.05) is 35.3 Å². The number of ether oxygens (including phenoxy) is 3. The first-order valence-electron chi connectivity index (χ1n) is 15.7. The summed E-state index contributed by atoms with van der Waals surface area (Å²) in [5.74, 6) is -1.27. The van der Waals surface area contributed by atoms with Crippen LogP contribution >= 0.6 is 0 Å². The van der Waals surface area contributed by atoms with Crippen molar-refractivity contribution >= 4 is 45.4 Å². The summed E-state index contributed by atoms with van der Waals surface area (Å²) in [4.78, 5) is 45.5. The number of benzene rings is 3. The predicted molar refractivity (Wildman–Crippen MR) is 175 cm³/mol. The molecule has 12 nitrogen and oxygen atoms in total.